The van der Waals surface area contributed by atoms with Gasteiger partial charge in [-0.15, -0.1) is 0 Å². The normalized spacial score (nSPS) is 10.2. The Labute approximate surface area is 406 Å². The zero-order chi connectivity index (χ0) is 49.2. The average molecular weight is 1030 g/mol. The summed E-state index contributed by atoms with van der Waals surface area (Å²) < 4.78 is 24.7. The third-order valence-electron chi connectivity index (χ3n) is 8.47. The Hall–Kier alpha value is -6.41. The van der Waals surface area contributed by atoms with Crippen molar-refractivity contribution in [1.29, 1.82) is 0 Å². The number of amides is 4. The molecule has 0 saturated carbocycles. The smallest absolute Gasteiger partial charge is 0.341 e. The molecule has 0 aromatic heterocycles. The number of methoxy groups -OCH3 is 5. The number of aromatic hydroxyl groups is 1. The molecular weight excluding hydrogens is 995 g/mol. The topological polar surface area (TPSA) is 243 Å². The van der Waals surface area contributed by atoms with Crippen LogP contribution < -0.4 is 40.2 Å². The van der Waals surface area contributed by atoms with Gasteiger partial charge < -0.3 is 50.1 Å². The molecule has 0 atom stereocenters. The van der Waals surface area contributed by atoms with Crippen LogP contribution in [0.2, 0.25) is 0 Å². The summed E-state index contributed by atoms with van der Waals surface area (Å²) in [5.74, 6) is -4.73. The van der Waals surface area contributed by atoms with E-state index in [2.05, 4.69) is 21.3 Å². The Morgan fingerprint density at radius 2 is 0.773 bits per heavy atom. The fourth-order valence-electron chi connectivity index (χ4n) is 5.84. The van der Waals surface area contributed by atoms with Gasteiger partial charge in [-0.2, -0.15) is 0 Å². The second-order valence-corrected chi connectivity index (χ2v) is 16.2. The molecule has 0 aliphatic heterocycles. The number of hydrogen-bond acceptors (Lipinski definition) is 13. The lowest BCUT2D eigenvalue weighted by Gasteiger charge is -2.17. The van der Waals surface area contributed by atoms with Crippen molar-refractivity contribution in [2.45, 2.75) is 8.59 Å². The molecule has 4 amide bonds. The van der Waals surface area contributed by atoms with E-state index in [1.165, 1.54) is 127 Å². The van der Waals surface area contributed by atoms with Gasteiger partial charge in [0.1, 0.15) is 5.56 Å². The summed E-state index contributed by atoms with van der Waals surface area (Å²) in [6, 6.07) is 21.0. The molecule has 5 N–H and O–H groups in total. The van der Waals surface area contributed by atoms with Gasteiger partial charge in [-0.05, 0) is 54.6 Å². The van der Waals surface area contributed by atoms with Crippen molar-refractivity contribution < 1.29 is 57.7 Å². The molecular formula is C42H37Cl6N5O13. The summed E-state index contributed by atoms with van der Waals surface area (Å²) in [5, 5.41) is 33.0. The molecule has 0 radical (unpaired) electrons. The highest BCUT2D eigenvalue weighted by Gasteiger charge is 2.26. The van der Waals surface area contributed by atoms with E-state index in [1.54, 1.807) is 0 Å². The number of nitrogens with zero attached hydrogens (tertiary/aromatic N) is 1. The van der Waals surface area contributed by atoms with Crippen molar-refractivity contribution in [2.75, 3.05) is 56.8 Å². The number of nitro groups is 1. The fourth-order valence-corrected chi connectivity index (χ4v) is 5.84. The maximum atomic E-state index is 13.6. The van der Waals surface area contributed by atoms with Gasteiger partial charge in [0.2, 0.25) is 5.75 Å². The van der Waals surface area contributed by atoms with Gasteiger partial charge in [-0.1, -0.05) is 99.9 Å². The van der Waals surface area contributed by atoms with E-state index in [0.29, 0.717) is 0 Å². The molecule has 0 unspecified atom stereocenters. The largest absolute Gasteiger partial charge is 0.505 e. The predicted octanol–water partition coefficient (Wildman–Crippen LogP) is 10.1. The molecule has 0 fully saturated rings. The molecule has 5 aromatic rings. The number of carbonyl (C=O) groups is 5. The first-order valence-electron chi connectivity index (χ1n) is 18.2. The van der Waals surface area contributed by atoms with Gasteiger partial charge in [-0.3, -0.25) is 29.3 Å². The number of hydrogen-bond donors (Lipinski definition) is 5. The summed E-state index contributed by atoms with van der Waals surface area (Å²) >= 11 is 28.8. The number of nitrogens with one attached hydrogen (secondary N) is 4. The highest BCUT2D eigenvalue weighted by molar-refractivity contribution is 6.63. The number of alkyl halides is 6. The number of nitro benzene ring substituents is 1. The second kappa shape index (κ2) is 25.9. The Bertz CT molecular complexity index is 2570. The van der Waals surface area contributed by atoms with Crippen LogP contribution in [-0.2, 0) is 4.74 Å². The molecule has 0 bridgehead atoms. The van der Waals surface area contributed by atoms with Gasteiger partial charge in [0.25, 0.3) is 23.6 Å². The number of esters is 1. The highest BCUT2D eigenvalue weighted by Crippen LogP contribution is 2.37. The van der Waals surface area contributed by atoms with Crippen molar-refractivity contribution in [3.63, 3.8) is 0 Å². The highest BCUT2D eigenvalue weighted by atomic mass is 35.6. The molecule has 0 heterocycles. The zero-order valence-electron chi connectivity index (χ0n) is 34.9. The minimum Gasteiger partial charge on any atom is -0.505 e. The molecule has 66 heavy (non-hydrogen) atoms. The van der Waals surface area contributed by atoms with E-state index in [1.807, 2.05) is 0 Å². The van der Waals surface area contributed by atoms with Crippen LogP contribution >= 0.6 is 69.6 Å². The number of benzene rings is 5. The van der Waals surface area contributed by atoms with Crippen LogP contribution in [0.5, 0.6) is 28.7 Å². The van der Waals surface area contributed by atoms with Gasteiger partial charge in [0.15, 0.2) is 31.6 Å². The SMILES string of the molecule is COC(=O)c1cccc(NC(=O)c2cccc(NC(=O)c3cccc(NC(=O)c4cccc(NC(=O)c5cccc([N+](=O)[O-])c5OC)c4OC)c3O)c2OC)c1OC.ClC(Cl)Cl.ClC(Cl)Cl. The minimum atomic E-state index is -0.837. The van der Waals surface area contributed by atoms with Gasteiger partial charge in [0.05, 0.1) is 85.5 Å². The number of rotatable bonds is 14. The average Bonchev–Trinajstić information content (AvgIpc) is 3.28. The van der Waals surface area contributed by atoms with E-state index in [-0.39, 0.29) is 73.6 Å². The van der Waals surface area contributed by atoms with Crippen molar-refractivity contribution in [3.05, 3.63) is 129 Å². The van der Waals surface area contributed by atoms with Crippen LogP contribution in [-0.4, -0.2) is 83.8 Å². The third-order valence-corrected chi connectivity index (χ3v) is 8.47. The Morgan fingerprint density at radius 1 is 0.485 bits per heavy atom. The Balaban J connectivity index is 0.00000133. The minimum absolute atomic E-state index is 0.00681. The van der Waals surface area contributed by atoms with E-state index >= 15 is 0 Å². The molecule has 18 nitrogen and oxygen atoms in total. The van der Waals surface area contributed by atoms with Crippen LogP contribution in [0.3, 0.4) is 0 Å². The summed E-state index contributed by atoms with van der Waals surface area (Å²) in [4.78, 5) is 76.8. The van der Waals surface area contributed by atoms with Crippen LogP contribution in [0.25, 0.3) is 0 Å². The molecule has 0 saturated heterocycles. The lowest BCUT2D eigenvalue weighted by atomic mass is 10.1. The van der Waals surface area contributed by atoms with E-state index < -0.39 is 54.5 Å². The Kier molecular flexibility index (Phi) is 21.2. The van der Waals surface area contributed by atoms with Gasteiger partial charge in [0, 0.05) is 6.07 Å². The van der Waals surface area contributed by atoms with Crippen LogP contribution in [0.4, 0.5) is 28.4 Å². The number of halogens is 6. The molecule has 24 heteroatoms. The van der Waals surface area contributed by atoms with Crippen molar-refractivity contribution in [2.24, 2.45) is 0 Å². The van der Waals surface area contributed by atoms with E-state index in [9.17, 15) is 39.2 Å². The molecule has 0 spiro atoms. The van der Waals surface area contributed by atoms with E-state index in [0.717, 1.165) is 0 Å². The first-order valence-corrected chi connectivity index (χ1v) is 20.8. The monoisotopic (exact) mass is 1030 g/mol. The summed E-state index contributed by atoms with van der Waals surface area (Å²) in [6.45, 7) is 0. The maximum Gasteiger partial charge on any atom is 0.341 e. The third kappa shape index (κ3) is 14.3. The van der Waals surface area contributed by atoms with E-state index in [4.69, 9.17) is 93.3 Å². The molecule has 350 valence electrons. The number of phenolic OH excluding ortho intramolecular Hbond substituents is 1. The molecule has 0 aliphatic carbocycles. The molecule has 5 aromatic carbocycles. The van der Waals surface area contributed by atoms with Gasteiger partial charge in [-0.25, -0.2) is 4.79 Å². The van der Waals surface area contributed by atoms with Crippen LogP contribution in [0, 0.1) is 10.1 Å². The number of ether oxygens (including phenoxy) is 5. The number of carbonyl (C=O) groups excluding carboxylic acids is 5. The van der Waals surface area contributed by atoms with Gasteiger partial charge >= 0.3 is 11.7 Å². The zero-order valence-corrected chi connectivity index (χ0v) is 39.4. The summed E-state index contributed by atoms with van der Waals surface area (Å²) in [7, 11) is 6.26. The van der Waals surface area contributed by atoms with Crippen molar-refractivity contribution in [3.8, 4) is 28.7 Å². The predicted molar refractivity (Wildman–Crippen MR) is 253 cm³/mol. The van der Waals surface area contributed by atoms with Crippen molar-refractivity contribution >= 4 is 128 Å². The summed E-state index contributed by atoms with van der Waals surface area (Å²) in [5.41, 5.74) is -0.786. The first kappa shape index (κ1) is 53.9. The number of para-hydroxylation sites is 5. The maximum absolute atomic E-state index is 13.6. The summed E-state index contributed by atoms with van der Waals surface area (Å²) in [6.07, 6.45) is 0. The first-order chi connectivity index (χ1) is 31.3. The number of anilines is 4. The van der Waals surface area contributed by atoms with Crippen molar-refractivity contribution in [1.82, 2.24) is 0 Å². The standard InChI is InChI=1S/C40H35N5O13.2CHCl3/c1-54-32-22(12-7-18-28(32)43-39(50)24-14-10-20-30(45(52)53)35(24)57-4)37(48)41-26-16-6-11-21(31(26)46)36(47)42-27-17-8-13-23(33(27)55-2)38(49)44-29-19-9-15-25(34(29)56-3)40(51)58-5;2*2-1(3)4/h6-20,46H,1-5H3,(H,41,48)(H,42,47)(H,43,50)(H,44,49);2*1H. The molecule has 5 rings (SSSR count). The second-order valence-electron chi connectivity index (χ2n) is 12.3. The molecule has 0 aliphatic rings. The van der Waals surface area contributed by atoms with Crippen LogP contribution in [0.15, 0.2) is 91.0 Å². The fraction of sp³-hybridized carbons (Fsp3) is 0.167. The lowest BCUT2D eigenvalue weighted by molar-refractivity contribution is -0.385. The lowest BCUT2D eigenvalue weighted by Crippen LogP contribution is -2.18. The Morgan fingerprint density at radius 3 is 1.14 bits per heavy atom. The quantitative estimate of drug-likeness (QED) is 0.0229. The number of phenols is 1. The van der Waals surface area contributed by atoms with Crippen LogP contribution in [0.1, 0.15) is 51.8 Å².